The van der Waals surface area contributed by atoms with Crippen molar-refractivity contribution in [2.24, 2.45) is 10.2 Å². The lowest BCUT2D eigenvalue weighted by Crippen LogP contribution is -2.37. The van der Waals surface area contributed by atoms with Crippen molar-refractivity contribution >= 4 is 78.5 Å². The highest BCUT2D eigenvalue weighted by Crippen LogP contribution is 2.53. The summed E-state index contributed by atoms with van der Waals surface area (Å²) in [5, 5.41) is 61.3. The third kappa shape index (κ3) is 8.80. The Morgan fingerprint density at radius 1 is 0.638 bits per heavy atom. The van der Waals surface area contributed by atoms with Crippen LogP contribution in [0.1, 0.15) is 18.7 Å². The van der Waals surface area contributed by atoms with Gasteiger partial charge in [0.15, 0.2) is 58.6 Å². The maximum atomic E-state index is 13.7. The number of aliphatic hydroxyl groups excluding tert-OH is 5. The van der Waals surface area contributed by atoms with Crippen LogP contribution in [0.15, 0.2) is 35.5 Å². The molecule has 13 N–H and O–H groups in total. The third-order valence-corrected chi connectivity index (χ3v) is 12.8. The zero-order valence-electron chi connectivity index (χ0n) is 34.3. The van der Waals surface area contributed by atoms with E-state index < -0.39 is 121 Å². The van der Waals surface area contributed by atoms with Crippen molar-refractivity contribution in [2.75, 3.05) is 37.0 Å². The van der Waals surface area contributed by atoms with Gasteiger partial charge in [0.2, 0.25) is 11.9 Å². The number of azide groups is 2. The van der Waals surface area contributed by atoms with Gasteiger partial charge in [0.25, 0.3) is 0 Å². The number of nitrogen functional groups attached to an aromatic ring is 3. The van der Waals surface area contributed by atoms with E-state index in [1.807, 2.05) is 0 Å². The molecular formula is C30H35N21O16P2. The van der Waals surface area contributed by atoms with E-state index in [1.165, 1.54) is 0 Å². The molecule has 37 nitrogen and oxygen atoms in total. The lowest BCUT2D eigenvalue weighted by atomic mass is 10.1. The summed E-state index contributed by atoms with van der Waals surface area (Å²) in [4.78, 5) is 63.3. The van der Waals surface area contributed by atoms with Gasteiger partial charge in [-0.25, -0.2) is 54.0 Å². The zero-order valence-corrected chi connectivity index (χ0v) is 36.1. The van der Waals surface area contributed by atoms with E-state index in [4.69, 9.17) is 60.6 Å². The summed E-state index contributed by atoms with van der Waals surface area (Å²) >= 11 is 0. The van der Waals surface area contributed by atoms with Crippen LogP contribution in [-0.4, -0.2) is 169 Å². The van der Waals surface area contributed by atoms with Crippen LogP contribution in [0, 0.1) is 0 Å². The molecule has 3 aliphatic heterocycles. The number of nitrogens with zero attached hydrogens (tertiary/aromatic N) is 18. The first kappa shape index (κ1) is 47.6. The van der Waals surface area contributed by atoms with Crippen molar-refractivity contribution in [1.82, 2.24) is 58.6 Å². The average molecular weight is 1010 g/mol. The van der Waals surface area contributed by atoms with Gasteiger partial charge in [-0.2, -0.15) is 0 Å². The predicted octanol–water partition coefficient (Wildman–Crippen LogP) is -1.73. The minimum absolute atomic E-state index is 0.0246. The van der Waals surface area contributed by atoms with Crippen molar-refractivity contribution in [2.45, 2.75) is 73.6 Å². The molecule has 39 heteroatoms. The number of imidazole rings is 3. The highest BCUT2D eigenvalue weighted by atomic mass is 31.2. The van der Waals surface area contributed by atoms with Crippen LogP contribution < -0.4 is 17.2 Å². The van der Waals surface area contributed by atoms with Crippen LogP contribution in [0.25, 0.3) is 54.4 Å². The average Bonchev–Trinajstić information content (AvgIpc) is 4.16. The fourth-order valence-corrected chi connectivity index (χ4v) is 9.56. The second kappa shape index (κ2) is 18.5. The van der Waals surface area contributed by atoms with E-state index >= 15 is 0 Å². The molecule has 3 aliphatic rings. The Kier molecular flexibility index (Phi) is 12.8. The fourth-order valence-electron chi connectivity index (χ4n) is 7.70. The van der Waals surface area contributed by atoms with Gasteiger partial charge >= 0.3 is 15.6 Å². The number of fused-ring (bicyclic) bond motifs is 3. The van der Waals surface area contributed by atoms with Crippen LogP contribution in [0.4, 0.5) is 29.4 Å². The maximum absolute atomic E-state index is 13.7. The molecular weight excluding hydrogens is 972 g/mol. The first-order chi connectivity index (χ1) is 32.9. The maximum Gasteiger partial charge on any atom is 0.472 e. The molecule has 3 fully saturated rings. The van der Waals surface area contributed by atoms with Gasteiger partial charge in [0.05, 0.1) is 32.5 Å². The Hall–Kier alpha value is -6.43. The molecule has 0 aliphatic carbocycles. The Balaban J connectivity index is 0.927. The number of hydrogen-bond donors (Lipinski definition) is 10. The molecule has 9 rings (SSSR count). The Morgan fingerprint density at radius 3 is 1.77 bits per heavy atom. The fraction of sp³-hybridized carbons (Fsp3) is 0.500. The number of nitrogens with two attached hydrogens (primary N) is 3. The first-order valence-electron chi connectivity index (χ1n) is 19.6. The lowest BCUT2D eigenvalue weighted by molar-refractivity contribution is -0.0643. The van der Waals surface area contributed by atoms with Crippen LogP contribution in [0.5, 0.6) is 0 Å². The first-order valence-corrected chi connectivity index (χ1v) is 22.6. The lowest BCUT2D eigenvalue weighted by Gasteiger charge is -2.25. The van der Waals surface area contributed by atoms with E-state index in [9.17, 15) is 44.4 Å². The SMILES string of the molecule is [N-]=[N+]=Nc1nc(N)c2ncn([C@@H]3O[C@H](CO)[C@@H](O)[C@H]3OP(=O)(O)OC[C@H]3O[C@@H](n4cnc5c(N)ncnc54)[C@H](OP(=O)(O)OC[C@H]4O[C@@H](n5c(N=[N+]=[N-])nc6c(N)ncnc65)[C@H](O)[C@@H]4O)[C@@H]3O)c2n1. The second-order valence-corrected chi connectivity index (χ2v) is 17.7. The van der Waals surface area contributed by atoms with Crippen LogP contribution >= 0.6 is 15.6 Å². The molecule has 0 saturated carbocycles. The minimum Gasteiger partial charge on any atom is -0.394 e. The number of phosphoric ester groups is 2. The molecule has 9 heterocycles. The quantitative estimate of drug-likeness (QED) is 0.0223. The topological polar surface area (TPSA) is 547 Å². The van der Waals surface area contributed by atoms with Gasteiger partial charge < -0.3 is 66.7 Å². The van der Waals surface area contributed by atoms with E-state index in [1.54, 1.807) is 0 Å². The summed E-state index contributed by atoms with van der Waals surface area (Å²) in [5.41, 5.74) is 35.5. The van der Waals surface area contributed by atoms with Crippen LogP contribution in [-0.2, 0) is 41.4 Å². The van der Waals surface area contributed by atoms with Crippen molar-refractivity contribution in [1.29, 1.82) is 0 Å². The molecule has 0 bridgehead atoms. The number of aliphatic hydroxyl groups is 5. The molecule has 0 spiro atoms. The molecule has 0 radical (unpaired) electrons. The number of hydrogen-bond acceptors (Lipinski definition) is 28. The number of phosphoric acid groups is 2. The summed E-state index contributed by atoms with van der Waals surface area (Å²) in [5.74, 6) is -1.28. The standard InChI is InChI=1S/C30H35N21O16P2/c31-20-11-23(38-4-36-20)49(6-40-11)27-19(67-68(57,58)61-2-9-14(53)17(56)26(64-9)51-24-13(21(32)37-5-39-24)42-30(51)46-48-35)16(55)10(65-27)3-62-69(59,60)66-18-15(54)8(1-52)63-28(18)50-7-41-12-22(33)43-29(45-47-34)44-25(12)50/h4-10,14-19,26-28,52-56H,1-3H2,(H,57,58)(H,59,60)(H2,31,36,38)(H2,32,37,39)(H2,33,43,44)/t8-,9-,10-,14-,15-,16-,17-,18-,19-,26-,27-,28-/m1/s1. The molecule has 2 unspecified atom stereocenters. The molecule has 14 atom stereocenters. The van der Waals surface area contributed by atoms with E-state index in [-0.39, 0.29) is 50.9 Å². The normalized spacial score (nSPS) is 29.8. The number of ether oxygens (including phenoxy) is 3. The van der Waals surface area contributed by atoms with Gasteiger partial charge in [-0.05, 0) is 21.3 Å². The van der Waals surface area contributed by atoms with Gasteiger partial charge in [0.1, 0.15) is 78.6 Å². The van der Waals surface area contributed by atoms with Crippen molar-refractivity contribution in [3.8, 4) is 0 Å². The zero-order chi connectivity index (χ0) is 49.1. The van der Waals surface area contributed by atoms with Crippen molar-refractivity contribution in [3.63, 3.8) is 0 Å². The second-order valence-electron chi connectivity index (χ2n) is 14.9. The van der Waals surface area contributed by atoms with E-state index in [2.05, 4.69) is 64.9 Å². The van der Waals surface area contributed by atoms with Crippen LogP contribution in [0.3, 0.4) is 0 Å². The van der Waals surface area contributed by atoms with Gasteiger partial charge in [-0.1, -0.05) is 0 Å². The summed E-state index contributed by atoms with van der Waals surface area (Å²) in [7, 11) is -10.8. The van der Waals surface area contributed by atoms with E-state index in [0.29, 0.717) is 0 Å². The van der Waals surface area contributed by atoms with Crippen LogP contribution in [0.2, 0.25) is 0 Å². The minimum atomic E-state index is -5.41. The molecule has 6 aromatic heterocycles. The Bertz CT molecular complexity index is 3130. The Morgan fingerprint density at radius 2 is 1.16 bits per heavy atom. The highest BCUT2D eigenvalue weighted by molar-refractivity contribution is 7.47. The molecule has 0 aromatic carbocycles. The highest BCUT2D eigenvalue weighted by Gasteiger charge is 2.53. The largest absolute Gasteiger partial charge is 0.472 e. The number of aromatic nitrogens is 12. The molecule has 0 amide bonds. The van der Waals surface area contributed by atoms with Gasteiger partial charge in [-0.3, -0.25) is 31.8 Å². The summed E-state index contributed by atoms with van der Waals surface area (Å²) < 4.78 is 69.2. The van der Waals surface area contributed by atoms with Crippen molar-refractivity contribution in [3.05, 3.63) is 46.2 Å². The Labute approximate surface area is 380 Å². The van der Waals surface area contributed by atoms with E-state index in [0.717, 1.165) is 39.0 Å². The predicted molar refractivity (Wildman–Crippen MR) is 221 cm³/mol. The summed E-state index contributed by atoms with van der Waals surface area (Å²) in [6.07, 6.45) is -16.5. The number of rotatable bonds is 16. The molecule has 69 heavy (non-hydrogen) atoms. The van der Waals surface area contributed by atoms with Gasteiger partial charge in [0, 0.05) is 9.82 Å². The third-order valence-electron chi connectivity index (χ3n) is 10.8. The molecule has 366 valence electrons. The van der Waals surface area contributed by atoms with Crippen molar-refractivity contribution < 1.29 is 76.8 Å². The van der Waals surface area contributed by atoms with Gasteiger partial charge in [-0.15, -0.1) is 0 Å². The molecule has 3 saturated heterocycles. The summed E-state index contributed by atoms with van der Waals surface area (Å²) in [6, 6.07) is 0. The summed E-state index contributed by atoms with van der Waals surface area (Å²) in [6.45, 7) is -2.81. The smallest absolute Gasteiger partial charge is 0.394 e. The molecule has 6 aromatic rings. The monoisotopic (exact) mass is 1010 g/mol. The number of anilines is 3.